The van der Waals surface area contributed by atoms with Crippen molar-refractivity contribution < 1.29 is 4.79 Å². The van der Waals surface area contributed by atoms with Crippen LogP contribution in [0.3, 0.4) is 0 Å². The van der Waals surface area contributed by atoms with Gasteiger partial charge in [0.25, 0.3) is 5.91 Å². The third-order valence-electron chi connectivity index (χ3n) is 2.94. The van der Waals surface area contributed by atoms with Crippen LogP contribution in [-0.2, 0) is 0 Å². The molecule has 2 rings (SSSR count). The smallest absolute Gasteiger partial charge is 0.270 e. The molecule has 0 unspecified atom stereocenters. The van der Waals surface area contributed by atoms with Gasteiger partial charge in [-0.15, -0.1) is 0 Å². The minimum Gasteiger partial charge on any atom is -0.349 e. The van der Waals surface area contributed by atoms with Crippen LogP contribution in [0.15, 0.2) is 28.7 Å². The maximum absolute atomic E-state index is 12.1. The molecule has 0 saturated carbocycles. The van der Waals surface area contributed by atoms with Gasteiger partial charge in [0, 0.05) is 21.9 Å². The molecule has 0 spiro atoms. The third kappa shape index (κ3) is 4.27. The molecule has 1 amide bonds. The average Bonchev–Trinajstić information content (AvgIpc) is 2.40. The number of nitrogens with one attached hydrogen (secondary N) is 2. The van der Waals surface area contributed by atoms with E-state index in [9.17, 15) is 4.79 Å². The van der Waals surface area contributed by atoms with E-state index in [2.05, 4.69) is 36.5 Å². The number of hydrogen-bond acceptors (Lipinski definition) is 4. The zero-order valence-electron chi connectivity index (χ0n) is 13.1. The third-order valence-corrected chi connectivity index (χ3v) is 3.43. The fourth-order valence-corrected chi connectivity index (χ4v) is 2.44. The lowest BCUT2D eigenvalue weighted by molar-refractivity contribution is 0.0938. The number of aryl methyl sites for hydroxylation is 2. The maximum Gasteiger partial charge on any atom is 0.270 e. The number of rotatable bonds is 4. The van der Waals surface area contributed by atoms with Crippen molar-refractivity contribution in [3.63, 3.8) is 0 Å². The summed E-state index contributed by atoms with van der Waals surface area (Å²) in [6.45, 7) is 7.66. The molecule has 1 heterocycles. The van der Waals surface area contributed by atoms with Gasteiger partial charge < -0.3 is 10.6 Å². The first-order valence-electron chi connectivity index (χ1n) is 7.05. The summed E-state index contributed by atoms with van der Waals surface area (Å²) >= 11 is 3.43. The second kappa shape index (κ2) is 6.87. The van der Waals surface area contributed by atoms with Gasteiger partial charge in [0.2, 0.25) is 5.95 Å². The van der Waals surface area contributed by atoms with Crippen LogP contribution in [-0.4, -0.2) is 21.9 Å². The lowest BCUT2D eigenvalue weighted by atomic mass is 10.2. The first-order chi connectivity index (χ1) is 10.3. The number of hydrogen-bond donors (Lipinski definition) is 2. The summed E-state index contributed by atoms with van der Waals surface area (Å²) in [5.41, 5.74) is 3.07. The molecular weight excluding hydrogens is 344 g/mol. The van der Waals surface area contributed by atoms with Crippen molar-refractivity contribution in [3.8, 4) is 0 Å². The molecule has 6 heteroatoms. The number of carbonyl (C=O) groups excluding carboxylic acids is 1. The predicted molar refractivity (Wildman–Crippen MR) is 91.5 cm³/mol. The summed E-state index contributed by atoms with van der Waals surface area (Å²) in [7, 11) is 0. The molecule has 0 saturated heterocycles. The van der Waals surface area contributed by atoms with Crippen LogP contribution in [0, 0.1) is 13.8 Å². The van der Waals surface area contributed by atoms with Gasteiger partial charge in [-0.3, -0.25) is 4.79 Å². The Bertz CT molecular complexity index is 701. The second-order valence-corrected chi connectivity index (χ2v) is 6.35. The Balaban J connectivity index is 2.28. The Hall–Kier alpha value is -1.95. The van der Waals surface area contributed by atoms with Gasteiger partial charge in [0.15, 0.2) is 0 Å². The molecule has 0 aliphatic rings. The Morgan fingerprint density at radius 2 is 1.91 bits per heavy atom. The van der Waals surface area contributed by atoms with Crippen molar-refractivity contribution in [3.05, 3.63) is 45.7 Å². The fourth-order valence-electron chi connectivity index (χ4n) is 1.96. The van der Waals surface area contributed by atoms with E-state index in [4.69, 9.17) is 0 Å². The maximum atomic E-state index is 12.1. The highest BCUT2D eigenvalue weighted by Gasteiger charge is 2.12. The topological polar surface area (TPSA) is 66.9 Å². The molecule has 0 fully saturated rings. The minimum atomic E-state index is -0.198. The lowest BCUT2D eigenvalue weighted by Gasteiger charge is -2.12. The van der Waals surface area contributed by atoms with Gasteiger partial charge in [-0.25, -0.2) is 9.97 Å². The van der Waals surface area contributed by atoms with Crippen LogP contribution in [0.2, 0.25) is 0 Å². The predicted octanol–water partition coefficient (Wildman–Crippen LogP) is 3.74. The number of aromatic nitrogens is 2. The molecule has 2 N–H and O–H groups in total. The summed E-state index contributed by atoms with van der Waals surface area (Å²) in [5, 5.41) is 6.00. The minimum absolute atomic E-state index is 0.0629. The van der Waals surface area contributed by atoms with Gasteiger partial charge in [-0.2, -0.15) is 0 Å². The number of halogens is 1. The Morgan fingerprint density at radius 3 is 2.55 bits per heavy atom. The fraction of sp³-hybridized carbons (Fsp3) is 0.312. The first kappa shape index (κ1) is 16.4. The van der Waals surface area contributed by atoms with E-state index < -0.39 is 0 Å². The van der Waals surface area contributed by atoms with E-state index in [1.54, 1.807) is 6.07 Å². The number of benzene rings is 1. The first-order valence-corrected chi connectivity index (χ1v) is 7.84. The molecule has 5 nitrogen and oxygen atoms in total. The number of anilines is 2. The highest BCUT2D eigenvalue weighted by molar-refractivity contribution is 9.10. The molecule has 0 radical (unpaired) electrons. The number of nitrogens with zero attached hydrogens (tertiary/aromatic N) is 2. The highest BCUT2D eigenvalue weighted by atomic mass is 79.9. The van der Waals surface area contributed by atoms with E-state index in [-0.39, 0.29) is 11.9 Å². The Kier molecular flexibility index (Phi) is 5.13. The molecule has 22 heavy (non-hydrogen) atoms. The molecular formula is C16H19BrN4O. The van der Waals surface area contributed by atoms with E-state index >= 15 is 0 Å². The second-order valence-electron chi connectivity index (χ2n) is 5.43. The monoisotopic (exact) mass is 362 g/mol. The van der Waals surface area contributed by atoms with Gasteiger partial charge in [0.05, 0.1) is 0 Å². The van der Waals surface area contributed by atoms with Crippen LogP contribution < -0.4 is 10.6 Å². The summed E-state index contributed by atoms with van der Waals surface area (Å²) < 4.78 is 1.01. The molecule has 1 aromatic heterocycles. The summed E-state index contributed by atoms with van der Waals surface area (Å²) in [5.74, 6) is 0.218. The molecule has 1 aromatic carbocycles. The van der Waals surface area contributed by atoms with E-state index in [1.165, 1.54) is 0 Å². The molecule has 0 aliphatic carbocycles. The van der Waals surface area contributed by atoms with Gasteiger partial charge in [-0.1, -0.05) is 15.9 Å². The molecule has 0 bridgehead atoms. The molecule has 0 atom stereocenters. The summed E-state index contributed by atoms with van der Waals surface area (Å²) in [6.07, 6.45) is 0. The lowest BCUT2D eigenvalue weighted by Crippen LogP contribution is -2.31. The standard InChI is InChI=1S/C16H19BrN4O/c1-9(2)18-15(22)14-8-11(4)19-16(21-14)20-13-6-5-12(17)7-10(13)3/h5-9H,1-4H3,(H,18,22)(H,19,20,21). The van der Waals surface area contributed by atoms with E-state index in [0.29, 0.717) is 11.6 Å². The highest BCUT2D eigenvalue weighted by Crippen LogP contribution is 2.22. The quantitative estimate of drug-likeness (QED) is 0.869. The van der Waals surface area contributed by atoms with Crippen molar-refractivity contribution in [2.75, 3.05) is 5.32 Å². The van der Waals surface area contributed by atoms with Crippen LogP contribution >= 0.6 is 15.9 Å². The van der Waals surface area contributed by atoms with E-state index in [1.807, 2.05) is 45.9 Å². The van der Waals surface area contributed by atoms with Crippen molar-refractivity contribution in [1.82, 2.24) is 15.3 Å². The van der Waals surface area contributed by atoms with Crippen molar-refractivity contribution in [1.29, 1.82) is 0 Å². The SMILES string of the molecule is Cc1cc(C(=O)NC(C)C)nc(Nc2ccc(Br)cc2C)n1. The van der Waals surface area contributed by atoms with Gasteiger partial charge in [0.1, 0.15) is 5.69 Å². The summed E-state index contributed by atoms with van der Waals surface area (Å²) in [4.78, 5) is 20.7. The van der Waals surface area contributed by atoms with Crippen molar-refractivity contribution >= 4 is 33.5 Å². The van der Waals surface area contributed by atoms with Crippen molar-refractivity contribution in [2.45, 2.75) is 33.7 Å². The largest absolute Gasteiger partial charge is 0.349 e. The summed E-state index contributed by atoms with van der Waals surface area (Å²) in [6, 6.07) is 7.63. The van der Waals surface area contributed by atoms with Crippen LogP contribution in [0.5, 0.6) is 0 Å². The molecule has 2 aromatic rings. The molecule has 116 valence electrons. The van der Waals surface area contributed by atoms with Gasteiger partial charge >= 0.3 is 0 Å². The normalized spacial score (nSPS) is 10.6. The number of amides is 1. The van der Waals surface area contributed by atoms with Crippen LogP contribution in [0.1, 0.15) is 35.6 Å². The number of carbonyl (C=O) groups is 1. The zero-order chi connectivity index (χ0) is 16.3. The average molecular weight is 363 g/mol. The Labute approximate surface area is 138 Å². The van der Waals surface area contributed by atoms with E-state index in [0.717, 1.165) is 21.4 Å². The van der Waals surface area contributed by atoms with Crippen LogP contribution in [0.4, 0.5) is 11.6 Å². The van der Waals surface area contributed by atoms with Crippen molar-refractivity contribution in [2.24, 2.45) is 0 Å². The van der Waals surface area contributed by atoms with Crippen LogP contribution in [0.25, 0.3) is 0 Å². The molecule has 0 aliphatic heterocycles. The Morgan fingerprint density at radius 1 is 1.18 bits per heavy atom. The van der Waals surface area contributed by atoms with Gasteiger partial charge in [-0.05, 0) is 57.5 Å². The zero-order valence-corrected chi connectivity index (χ0v) is 14.7.